The van der Waals surface area contributed by atoms with E-state index in [0.29, 0.717) is 30.3 Å². The summed E-state index contributed by atoms with van der Waals surface area (Å²) < 4.78 is 5.38. The van der Waals surface area contributed by atoms with Crippen molar-refractivity contribution in [3.63, 3.8) is 0 Å². The Balaban J connectivity index is 1.85. The fourth-order valence-corrected chi connectivity index (χ4v) is 4.74. The molecule has 2 aliphatic carbocycles. The molecule has 0 bridgehead atoms. The molecule has 0 unspecified atom stereocenters. The minimum Gasteiger partial charge on any atom is -0.458 e. The molecule has 0 amide bonds. The second-order valence-electron chi connectivity index (χ2n) is 8.16. The van der Waals surface area contributed by atoms with Gasteiger partial charge < -0.3 is 9.84 Å². The van der Waals surface area contributed by atoms with E-state index in [1.807, 2.05) is 0 Å². The van der Waals surface area contributed by atoms with Crippen LogP contribution in [0.15, 0.2) is 22.8 Å². The summed E-state index contributed by atoms with van der Waals surface area (Å²) >= 11 is 0. The van der Waals surface area contributed by atoms with Gasteiger partial charge in [0.05, 0.1) is 6.10 Å². The maximum Gasteiger partial charge on any atom is 0.334 e. The van der Waals surface area contributed by atoms with E-state index in [1.54, 1.807) is 0 Å². The number of ether oxygens (including phenoxy) is 1. The first-order valence-electron chi connectivity index (χ1n) is 9.11. The zero-order chi connectivity index (χ0) is 16.7. The van der Waals surface area contributed by atoms with Gasteiger partial charge in [0.25, 0.3) is 0 Å². The van der Waals surface area contributed by atoms with Crippen LogP contribution < -0.4 is 0 Å². The van der Waals surface area contributed by atoms with Crippen molar-refractivity contribution in [3.8, 4) is 0 Å². The second-order valence-corrected chi connectivity index (χ2v) is 8.16. The van der Waals surface area contributed by atoms with Gasteiger partial charge >= 0.3 is 5.97 Å². The standard InChI is InChI=1S/C20H30O3/c1-11(2)6-5-7-12(3)18-16-10-23-20(22)19(16)15-9-14(15)13(4)8-17(18)21/h6,12-15,17-18,21H,5,7-10H2,1-4H3/t12-,13+,14-,15-,17+,18-/m0/s1. The number of esters is 1. The molecule has 1 fully saturated rings. The highest BCUT2D eigenvalue weighted by molar-refractivity contribution is 5.93. The third-order valence-corrected chi connectivity index (χ3v) is 6.08. The average molecular weight is 318 g/mol. The minimum atomic E-state index is -0.354. The van der Waals surface area contributed by atoms with E-state index in [9.17, 15) is 9.90 Å². The molecule has 0 aromatic rings. The van der Waals surface area contributed by atoms with Crippen molar-refractivity contribution < 1.29 is 14.6 Å². The van der Waals surface area contributed by atoms with E-state index in [4.69, 9.17) is 4.74 Å². The molecule has 1 saturated carbocycles. The number of aliphatic hydroxyl groups excluding tert-OH is 1. The van der Waals surface area contributed by atoms with Crippen LogP contribution in [0.1, 0.15) is 53.4 Å². The molecule has 3 aliphatic rings. The van der Waals surface area contributed by atoms with Gasteiger partial charge in [0, 0.05) is 11.5 Å². The number of carbonyl (C=O) groups excluding carboxylic acids is 1. The lowest BCUT2D eigenvalue weighted by molar-refractivity contribution is -0.136. The summed E-state index contributed by atoms with van der Waals surface area (Å²) in [6.45, 7) is 9.09. The third kappa shape index (κ3) is 3.26. The molecule has 1 N–H and O–H groups in total. The van der Waals surface area contributed by atoms with Crippen LogP contribution in [0.2, 0.25) is 0 Å². The van der Waals surface area contributed by atoms with Crippen molar-refractivity contribution in [3.05, 3.63) is 22.8 Å². The Morgan fingerprint density at radius 2 is 2.13 bits per heavy atom. The van der Waals surface area contributed by atoms with Gasteiger partial charge in [-0.1, -0.05) is 25.5 Å². The highest BCUT2D eigenvalue weighted by Crippen LogP contribution is 2.55. The summed E-state index contributed by atoms with van der Waals surface area (Å²) in [5.41, 5.74) is 3.38. The summed E-state index contributed by atoms with van der Waals surface area (Å²) in [5, 5.41) is 10.9. The van der Waals surface area contributed by atoms with E-state index in [1.165, 1.54) is 5.57 Å². The molecule has 0 aromatic heterocycles. The van der Waals surface area contributed by atoms with Crippen LogP contribution in [-0.4, -0.2) is 23.8 Å². The number of fused-ring (bicyclic) bond motifs is 2. The summed E-state index contributed by atoms with van der Waals surface area (Å²) in [6.07, 6.45) is 5.93. The maximum absolute atomic E-state index is 12.2. The molecular weight excluding hydrogens is 288 g/mol. The molecule has 0 saturated heterocycles. The molecule has 3 rings (SSSR count). The van der Waals surface area contributed by atoms with E-state index in [-0.39, 0.29) is 18.0 Å². The predicted molar refractivity (Wildman–Crippen MR) is 90.7 cm³/mol. The first kappa shape index (κ1) is 16.8. The lowest BCUT2D eigenvalue weighted by atomic mass is 9.74. The Morgan fingerprint density at radius 1 is 1.39 bits per heavy atom. The van der Waals surface area contributed by atoms with Gasteiger partial charge in [0.2, 0.25) is 0 Å². The van der Waals surface area contributed by atoms with Crippen LogP contribution in [0.25, 0.3) is 0 Å². The zero-order valence-electron chi connectivity index (χ0n) is 14.8. The van der Waals surface area contributed by atoms with Gasteiger partial charge in [-0.25, -0.2) is 4.79 Å². The van der Waals surface area contributed by atoms with Crippen molar-refractivity contribution >= 4 is 5.97 Å². The van der Waals surface area contributed by atoms with Crippen LogP contribution in [0.4, 0.5) is 0 Å². The Labute approximate surface area is 139 Å². The molecular formula is C20H30O3. The van der Waals surface area contributed by atoms with Crippen molar-refractivity contribution in [1.29, 1.82) is 0 Å². The highest BCUT2D eigenvalue weighted by Gasteiger charge is 2.52. The van der Waals surface area contributed by atoms with Crippen molar-refractivity contribution in [2.24, 2.45) is 29.6 Å². The maximum atomic E-state index is 12.2. The smallest absolute Gasteiger partial charge is 0.334 e. The van der Waals surface area contributed by atoms with Gasteiger partial charge in [0.1, 0.15) is 6.61 Å². The average Bonchev–Trinajstić information content (AvgIpc) is 3.15. The van der Waals surface area contributed by atoms with Gasteiger partial charge in [-0.3, -0.25) is 0 Å². The first-order valence-corrected chi connectivity index (χ1v) is 9.11. The molecule has 128 valence electrons. The van der Waals surface area contributed by atoms with Crippen LogP contribution in [0.5, 0.6) is 0 Å². The fraction of sp³-hybridized carbons (Fsp3) is 0.750. The number of cyclic esters (lactones) is 1. The second kappa shape index (κ2) is 6.43. The van der Waals surface area contributed by atoms with E-state index >= 15 is 0 Å². The minimum absolute atomic E-state index is 0.0750. The summed E-state index contributed by atoms with van der Waals surface area (Å²) in [6, 6.07) is 0. The normalized spacial score (nSPS) is 37.3. The topological polar surface area (TPSA) is 46.5 Å². The zero-order valence-corrected chi connectivity index (χ0v) is 14.8. The number of rotatable bonds is 4. The third-order valence-electron chi connectivity index (χ3n) is 6.08. The molecule has 1 heterocycles. The van der Waals surface area contributed by atoms with E-state index in [0.717, 1.165) is 36.8 Å². The van der Waals surface area contributed by atoms with Crippen LogP contribution in [0, 0.1) is 29.6 Å². The molecule has 0 radical (unpaired) electrons. The van der Waals surface area contributed by atoms with Gasteiger partial charge in [-0.15, -0.1) is 0 Å². The lowest BCUT2D eigenvalue weighted by Crippen LogP contribution is -2.33. The van der Waals surface area contributed by atoms with Crippen LogP contribution in [-0.2, 0) is 9.53 Å². The predicted octanol–water partition coefficient (Wildman–Crippen LogP) is 3.88. The van der Waals surface area contributed by atoms with Gasteiger partial charge in [-0.05, 0) is 68.8 Å². The van der Waals surface area contributed by atoms with Crippen molar-refractivity contribution in [1.82, 2.24) is 0 Å². The van der Waals surface area contributed by atoms with Crippen LogP contribution >= 0.6 is 0 Å². The summed E-state index contributed by atoms with van der Waals surface area (Å²) in [7, 11) is 0. The molecule has 1 aliphatic heterocycles. The highest BCUT2D eigenvalue weighted by atomic mass is 16.5. The molecule has 0 aromatic carbocycles. The molecule has 23 heavy (non-hydrogen) atoms. The van der Waals surface area contributed by atoms with Crippen molar-refractivity contribution in [2.75, 3.05) is 6.61 Å². The van der Waals surface area contributed by atoms with E-state index in [2.05, 4.69) is 33.8 Å². The first-order chi connectivity index (χ1) is 10.9. The summed E-state index contributed by atoms with van der Waals surface area (Å²) in [4.78, 5) is 12.2. The fourth-order valence-electron chi connectivity index (χ4n) is 4.74. The summed E-state index contributed by atoms with van der Waals surface area (Å²) in [5.74, 6) is 1.78. The van der Waals surface area contributed by atoms with Crippen LogP contribution in [0.3, 0.4) is 0 Å². The lowest BCUT2D eigenvalue weighted by Gasteiger charge is -2.33. The number of hydrogen-bond donors (Lipinski definition) is 1. The molecule has 3 nitrogen and oxygen atoms in total. The monoisotopic (exact) mass is 318 g/mol. The van der Waals surface area contributed by atoms with Gasteiger partial charge in [-0.2, -0.15) is 0 Å². The number of aliphatic hydroxyl groups is 1. The van der Waals surface area contributed by atoms with Gasteiger partial charge in [0.15, 0.2) is 0 Å². The van der Waals surface area contributed by atoms with Crippen molar-refractivity contribution in [2.45, 2.75) is 59.5 Å². The number of hydrogen-bond acceptors (Lipinski definition) is 3. The largest absolute Gasteiger partial charge is 0.458 e. The Morgan fingerprint density at radius 3 is 2.83 bits per heavy atom. The Kier molecular flexibility index (Phi) is 4.68. The number of allylic oxidation sites excluding steroid dienone is 2. The number of carbonyl (C=O) groups is 1. The quantitative estimate of drug-likeness (QED) is 0.632. The SMILES string of the molecule is CC(C)=CCC[C@H](C)[C@H]1C2=C(C(=O)OC2)[C@H]2C[C@H]2[C@H](C)C[C@H]1O. The Hall–Kier alpha value is -1.09. The molecule has 0 spiro atoms. The Bertz CT molecular complexity index is 541. The molecule has 6 atom stereocenters. The van der Waals surface area contributed by atoms with E-state index < -0.39 is 0 Å². The molecule has 3 heteroatoms.